The third kappa shape index (κ3) is 4.00. The Bertz CT molecular complexity index is 504. The van der Waals surface area contributed by atoms with Gasteiger partial charge in [-0.2, -0.15) is 13.2 Å². The molecule has 1 aromatic heterocycles. The summed E-state index contributed by atoms with van der Waals surface area (Å²) in [4.78, 5) is 14.4. The van der Waals surface area contributed by atoms with Crippen LogP contribution in [0.4, 0.5) is 22.0 Å². The van der Waals surface area contributed by atoms with Gasteiger partial charge in [0, 0.05) is 20.9 Å². The lowest BCUT2D eigenvalue weighted by Crippen LogP contribution is -2.19. The summed E-state index contributed by atoms with van der Waals surface area (Å²) in [5, 5.41) is 0. The van der Waals surface area contributed by atoms with E-state index >= 15 is 0 Å². The summed E-state index contributed by atoms with van der Waals surface area (Å²) in [6.07, 6.45) is -8.25. The van der Waals surface area contributed by atoms with Crippen molar-refractivity contribution in [1.82, 2.24) is 4.98 Å². The zero-order valence-corrected chi connectivity index (χ0v) is 12.3. The summed E-state index contributed by atoms with van der Waals surface area (Å²) in [6, 6.07) is 0. The molecule has 0 aromatic carbocycles. The lowest BCUT2D eigenvalue weighted by molar-refractivity contribution is -0.144. The minimum absolute atomic E-state index is 0.0540. The molecule has 0 amide bonds. The van der Waals surface area contributed by atoms with E-state index in [2.05, 4.69) is 9.72 Å². The Morgan fingerprint density at radius 1 is 1.45 bits per heavy atom. The van der Waals surface area contributed by atoms with Crippen LogP contribution in [0.2, 0.25) is 0 Å². The van der Waals surface area contributed by atoms with Gasteiger partial charge in [0.1, 0.15) is 5.69 Å². The van der Waals surface area contributed by atoms with Gasteiger partial charge in [0.2, 0.25) is 0 Å². The highest BCUT2D eigenvalue weighted by Crippen LogP contribution is 2.37. The highest BCUT2D eigenvalue weighted by molar-refractivity contribution is 14.1. The third-order valence-corrected chi connectivity index (χ3v) is 3.15. The number of hydrogen-bond donors (Lipinski definition) is 0. The third-order valence-electron chi connectivity index (χ3n) is 2.29. The molecule has 0 radical (unpaired) electrons. The molecule has 1 aromatic rings. The van der Waals surface area contributed by atoms with Crippen LogP contribution in [0, 0.1) is 3.57 Å². The van der Waals surface area contributed by atoms with Crippen molar-refractivity contribution in [3.63, 3.8) is 0 Å². The summed E-state index contributed by atoms with van der Waals surface area (Å²) >= 11 is 1.45. The Morgan fingerprint density at radius 3 is 2.50 bits per heavy atom. The van der Waals surface area contributed by atoms with Crippen LogP contribution in [0.5, 0.6) is 0 Å². The zero-order valence-electron chi connectivity index (χ0n) is 10.1. The van der Waals surface area contributed by atoms with Gasteiger partial charge in [-0.25, -0.2) is 8.78 Å². The molecule has 0 aliphatic carbocycles. The molecule has 0 N–H and O–H groups in total. The molecular weight excluding hydrogens is 400 g/mol. The van der Waals surface area contributed by atoms with E-state index in [0.717, 1.165) is 0 Å². The van der Waals surface area contributed by atoms with Gasteiger partial charge in [-0.15, -0.1) is 0 Å². The zero-order chi connectivity index (χ0) is 15.5. The number of carbonyl (C=O) groups excluding carboxylic acids is 1. The second-order valence-corrected chi connectivity index (χ2v) is 4.79. The first kappa shape index (κ1) is 17.1. The van der Waals surface area contributed by atoms with E-state index in [9.17, 15) is 26.7 Å². The minimum atomic E-state index is -4.92. The van der Waals surface area contributed by atoms with Gasteiger partial charge in [0.25, 0.3) is 6.43 Å². The number of rotatable bonds is 4. The first-order valence-electron chi connectivity index (χ1n) is 5.36. The maximum Gasteiger partial charge on any atom is 0.433 e. The number of halogens is 6. The van der Waals surface area contributed by atoms with Crippen molar-refractivity contribution in [3.8, 4) is 0 Å². The van der Waals surface area contributed by atoms with Crippen LogP contribution in [-0.2, 0) is 22.1 Å². The quantitative estimate of drug-likeness (QED) is 0.432. The van der Waals surface area contributed by atoms with Crippen molar-refractivity contribution in [3.05, 3.63) is 26.6 Å². The molecule has 0 saturated heterocycles. The molecule has 0 unspecified atom stereocenters. The molecule has 0 aliphatic heterocycles. The molecule has 0 aliphatic rings. The van der Waals surface area contributed by atoms with Crippen LogP contribution < -0.4 is 0 Å². The number of esters is 1. The molecular formula is C11H9F5INO2. The van der Waals surface area contributed by atoms with Crippen LogP contribution in [0.15, 0.2) is 6.20 Å². The van der Waals surface area contributed by atoms with Gasteiger partial charge in [-0.3, -0.25) is 9.78 Å². The highest BCUT2D eigenvalue weighted by Gasteiger charge is 2.38. The molecule has 0 atom stereocenters. The number of pyridine rings is 1. The summed E-state index contributed by atoms with van der Waals surface area (Å²) in [7, 11) is 0. The molecule has 0 bridgehead atoms. The highest BCUT2D eigenvalue weighted by atomic mass is 127. The van der Waals surface area contributed by atoms with E-state index in [4.69, 9.17) is 0 Å². The fourth-order valence-corrected chi connectivity index (χ4v) is 2.26. The lowest BCUT2D eigenvalue weighted by atomic mass is 10.0. The van der Waals surface area contributed by atoms with Crippen molar-refractivity contribution in [2.45, 2.75) is 25.9 Å². The largest absolute Gasteiger partial charge is 0.466 e. The molecule has 0 fully saturated rings. The first-order chi connectivity index (χ1) is 9.18. The first-order valence-corrected chi connectivity index (χ1v) is 6.44. The summed E-state index contributed by atoms with van der Waals surface area (Å²) in [6.45, 7) is 1.41. The van der Waals surface area contributed by atoms with Gasteiger partial charge in [0.15, 0.2) is 0 Å². The standard InChI is InChI=1S/C11H9F5INO2/c1-2-20-7(19)3-5-8(10(12)13)6(17)4-18-9(5)11(14,15)16/h4,10H,2-3H2,1H3. The Balaban J connectivity index is 3.40. The molecule has 0 spiro atoms. The number of hydrogen-bond acceptors (Lipinski definition) is 3. The Hall–Kier alpha value is -1.00. The molecule has 1 heterocycles. The number of alkyl halides is 5. The second kappa shape index (κ2) is 6.64. The van der Waals surface area contributed by atoms with Crippen LogP contribution in [0.3, 0.4) is 0 Å². The fraction of sp³-hybridized carbons (Fsp3) is 0.455. The molecule has 1 rings (SSSR count). The van der Waals surface area contributed by atoms with Crippen LogP contribution >= 0.6 is 22.6 Å². The van der Waals surface area contributed by atoms with E-state index in [0.29, 0.717) is 6.20 Å². The van der Waals surface area contributed by atoms with Gasteiger partial charge in [0.05, 0.1) is 13.0 Å². The molecule has 0 saturated carbocycles. The van der Waals surface area contributed by atoms with Gasteiger partial charge < -0.3 is 4.74 Å². The van der Waals surface area contributed by atoms with Crippen molar-refractivity contribution in [1.29, 1.82) is 0 Å². The predicted molar refractivity (Wildman–Crippen MR) is 67.3 cm³/mol. The second-order valence-electron chi connectivity index (χ2n) is 3.63. The van der Waals surface area contributed by atoms with Crippen LogP contribution in [0.1, 0.15) is 30.2 Å². The number of carbonyl (C=O) groups is 1. The van der Waals surface area contributed by atoms with E-state index in [1.54, 1.807) is 0 Å². The van der Waals surface area contributed by atoms with Crippen LogP contribution in [-0.4, -0.2) is 17.6 Å². The number of aromatic nitrogens is 1. The Morgan fingerprint density at radius 2 is 2.05 bits per heavy atom. The average molecular weight is 409 g/mol. The summed E-state index contributed by atoms with van der Waals surface area (Å²) in [5.41, 5.74) is -3.15. The molecule has 3 nitrogen and oxygen atoms in total. The maximum absolute atomic E-state index is 12.9. The van der Waals surface area contributed by atoms with Crippen molar-refractivity contribution in [2.75, 3.05) is 6.61 Å². The number of ether oxygens (including phenoxy) is 1. The van der Waals surface area contributed by atoms with Gasteiger partial charge in [-0.05, 0) is 29.5 Å². The molecule has 20 heavy (non-hydrogen) atoms. The molecule has 112 valence electrons. The van der Waals surface area contributed by atoms with Crippen LogP contribution in [0.25, 0.3) is 0 Å². The van der Waals surface area contributed by atoms with E-state index in [-0.39, 0.29) is 10.2 Å². The van der Waals surface area contributed by atoms with Crippen molar-refractivity contribution < 1.29 is 31.5 Å². The topological polar surface area (TPSA) is 39.2 Å². The Labute approximate surface area is 124 Å². The average Bonchev–Trinajstić information content (AvgIpc) is 2.26. The van der Waals surface area contributed by atoms with Crippen molar-refractivity contribution >= 4 is 28.6 Å². The summed E-state index contributed by atoms with van der Waals surface area (Å²) in [5.74, 6) is -1.01. The monoisotopic (exact) mass is 409 g/mol. The predicted octanol–water partition coefficient (Wildman–Crippen LogP) is 3.75. The lowest BCUT2D eigenvalue weighted by Gasteiger charge is -2.16. The smallest absolute Gasteiger partial charge is 0.433 e. The van der Waals surface area contributed by atoms with Gasteiger partial charge in [-0.1, -0.05) is 0 Å². The van der Waals surface area contributed by atoms with Gasteiger partial charge >= 0.3 is 12.1 Å². The van der Waals surface area contributed by atoms with E-state index < -0.39 is 41.8 Å². The van der Waals surface area contributed by atoms with E-state index in [1.165, 1.54) is 29.5 Å². The number of nitrogens with zero attached hydrogens (tertiary/aromatic N) is 1. The molecule has 9 heteroatoms. The van der Waals surface area contributed by atoms with Crippen molar-refractivity contribution in [2.24, 2.45) is 0 Å². The Kier molecular flexibility index (Phi) is 5.66. The summed E-state index contributed by atoms with van der Waals surface area (Å²) < 4.78 is 68.6. The fourth-order valence-electron chi connectivity index (χ4n) is 1.56. The SMILES string of the molecule is CCOC(=O)Cc1c(C(F)(F)F)ncc(I)c1C(F)F. The minimum Gasteiger partial charge on any atom is -0.466 e. The normalized spacial score (nSPS) is 11.8. The van der Waals surface area contributed by atoms with E-state index in [1.807, 2.05) is 0 Å². The maximum atomic E-state index is 12.9.